The number of carbonyl (C=O) groups is 1. The number of ether oxygens (including phenoxy) is 1. The summed E-state index contributed by atoms with van der Waals surface area (Å²) in [4.78, 5) is 13.6. The van der Waals surface area contributed by atoms with E-state index in [2.05, 4.69) is 5.32 Å². The number of morpholine rings is 1. The quantitative estimate of drug-likeness (QED) is 0.726. The zero-order valence-electron chi connectivity index (χ0n) is 8.91. The Morgan fingerprint density at radius 1 is 1.40 bits per heavy atom. The maximum Gasteiger partial charge on any atom is 0.232 e. The molecule has 1 amide bonds. The van der Waals surface area contributed by atoms with Crippen LogP contribution in [0.15, 0.2) is 0 Å². The van der Waals surface area contributed by atoms with Gasteiger partial charge in [0.1, 0.15) is 0 Å². The van der Waals surface area contributed by atoms with E-state index in [1.165, 1.54) is 0 Å². The first-order valence-electron chi connectivity index (χ1n) is 5.50. The van der Waals surface area contributed by atoms with Crippen LogP contribution in [-0.2, 0) is 9.53 Å². The van der Waals surface area contributed by atoms with Crippen molar-refractivity contribution >= 4 is 17.7 Å². The Balaban J connectivity index is 1.58. The fourth-order valence-electron chi connectivity index (χ4n) is 1.68. The average molecular weight is 230 g/mol. The van der Waals surface area contributed by atoms with E-state index >= 15 is 0 Å². The van der Waals surface area contributed by atoms with Gasteiger partial charge in [-0.15, -0.1) is 0 Å². The number of amides is 1. The normalized spacial score (nSPS) is 22.5. The molecule has 0 aromatic heterocycles. The fraction of sp³-hybridized carbons (Fsp3) is 0.900. The first-order valence-corrected chi connectivity index (χ1v) is 6.65. The molecule has 86 valence electrons. The van der Waals surface area contributed by atoms with Gasteiger partial charge in [0.05, 0.1) is 19.0 Å². The molecule has 0 atom stereocenters. The summed E-state index contributed by atoms with van der Waals surface area (Å²) in [5.41, 5.74) is 0. The van der Waals surface area contributed by atoms with Gasteiger partial charge in [-0.1, -0.05) is 0 Å². The zero-order valence-corrected chi connectivity index (χ0v) is 9.72. The van der Waals surface area contributed by atoms with Crippen molar-refractivity contribution in [3.63, 3.8) is 0 Å². The summed E-state index contributed by atoms with van der Waals surface area (Å²) in [7, 11) is 0. The largest absolute Gasteiger partial charge is 0.378 e. The lowest BCUT2D eigenvalue weighted by atomic mass is 10.1. The number of nitrogens with one attached hydrogen (secondary N) is 1. The smallest absolute Gasteiger partial charge is 0.232 e. The second-order valence-electron chi connectivity index (χ2n) is 4.03. The maximum atomic E-state index is 11.7. The molecule has 0 unspecified atom stereocenters. The predicted octanol–water partition coefficient (Wildman–Crippen LogP) is -0.202. The molecule has 2 saturated heterocycles. The summed E-state index contributed by atoms with van der Waals surface area (Å²) in [6.07, 6.45) is 0. The van der Waals surface area contributed by atoms with Crippen molar-refractivity contribution in [3.05, 3.63) is 0 Å². The highest BCUT2D eigenvalue weighted by Crippen LogP contribution is 2.13. The van der Waals surface area contributed by atoms with Gasteiger partial charge in [-0.05, 0) is 24.8 Å². The minimum Gasteiger partial charge on any atom is -0.378 e. The lowest BCUT2D eigenvalue weighted by Crippen LogP contribution is -2.44. The summed E-state index contributed by atoms with van der Waals surface area (Å²) < 4.78 is 5.21. The minimum atomic E-state index is 0.274. The molecule has 2 aliphatic rings. The Bertz CT molecular complexity index is 215. The molecule has 0 aromatic rings. The van der Waals surface area contributed by atoms with Crippen LogP contribution in [0.2, 0.25) is 0 Å². The van der Waals surface area contributed by atoms with E-state index in [0.29, 0.717) is 19.0 Å². The third-order valence-corrected chi connectivity index (χ3v) is 3.97. The van der Waals surface area contributed by atoms with Crippen LogP contribution in [0.25, 0.3) is 0 Å². The number of hydrogen-bond acceptors (Lipinski definition) is 4. The SMILES string of the molecule is O=C(CSCC1CNC1)N1CCOCC1. The predicted molar refractivity (Wildman–Crippen MR) is 61.1 cm³/mol. The topological polar surface area (TPSA) is 41.6 Å². The number of rotatable bonds is 4. The molecule has 0 saturated carbocycles. The number of carbonyl (C=O) groups excluding carboxylic acids is 1. The Morgan fingerprint density at radius 2 is 2.13 bits per heavy atom. The Kier molecular flexibility index (Phi) is 4.29. The van der Waals surface area contributed by atoms with Crippen LogP contribution in [0, 0.1) is 5.92 Å². The summed E-state index contributed by atoms with van der Waals surface area (Å²) in [6, 6.07) is 0. The third-order valence-electron chi connectivity index (χ3n) is 2.81. The average Bonchev–Trinajstić information content (AvgIpc) is 2.23. The second-order valence-corrected chi connectivity index (χ2v) is 5.06. The van der Waals surface area contributed by atoms with E-state index in [0.717, 1.165) is 37.8 Å². The first kappa shape index (κ1) is 11.2. The monoisotopic (exact) mass is 230 g/mol. The van der Waals surface area contributed by atoms with Crippen LogP contribution in [0.1, 0.15) is 0 Å². The highest BCUT2D eigenvalue weighted by atomic mass is 32.2. The first-order chi connectivity index (χ1) is 7.36. The van der Waals surface area contributed by atoms with Gasteiger partial charge in [0.15, 0.2) is 0 Å². The lowest BCUT2D eigenvalue weighted by molar-refractivity contribution is -0.132. The van der Waals surface area contributed by atoms with E-state index in [4.69, 9.17) is 4.74 Å². The van der Waals surface area contributed by atoms with Gasteiger partial charge in [0.2, 0.25) is 5.91 Å². The van der Waals surface area contributed by atoms with Gasteiger partial charge in [0.25, 0.3) is 0 Å². The molecule has 0 spiro atoms. The van der Waals surface area contributed by atoms with Crippen LogP contribution >= 0.6 is 11.8 Å². The van der Waals surface area contributed by atoms with Gasteiger partial charge in [-0.3, -0.25) is 4.79 Å². The maximum absolute atomic E-state index is 11.7. The summed E-state index contributed by atoms with van der Waals surface area (Å²) >= 11 is 1.77. The molecule has 15 heavy (non-hydrogen) atoms. The lowest BCUT2D eigenvalue weighted by Gasteiger charge is -2.28. The highest BCUT2D eigenvalue weighted by Gasteiger charge is 2.19. The molecule has 0 bridgehead atoms. The van der Waals surface area contributed by atoms with E-state index in [-0.39, 0.29) is 5.91 Å². The molecule has 0 aromatic carbocycles. The van der Waals surface area contributed by atoms with Crippen LogP contribution < -0.4 is 5.32 Å². The molecule has 2 rings (SSSR count). The fourth-order valence-corrected chi connectivity index (χ4v) is 2.73. The molecule has 0 aliphatic carbocycles. The Hall–Kier alpha value is -0.260. The Labute approximate surface area is 94.7 Å². The van der Waals surface area contributed by atoms with Crippen molar-refractivity contribution < 1.29 is 9.53 Å². The van der Waals surface area contributed by atoms with E-state index in [1.54, 1.807) is 11.8 Å². The van der Waals surface area contributed by atoms with Gasteiger partial charge >= 0.3 is 0 Å². The van der Waals surface area contributed by atoms with Crippen molar-refractivity contribution in [1.29, 1.82) is 0 Å². The molecule has 4 nitrogen and oxygen atoms in total. The van der Waals surface area contributed by atoms with Crippen LogP contribution in [0.4, 0.5) is 0 Å². The summed E-state index contributed by atoms with van der Waals surface area (Å²) in [6.45, 7) is 5.18. The second kappa shape index (κ2) is 5.72. The highest BCUT2D eigenvalue weighted by molar-refractivity contribution is 7.99. The Morgan fingerprint density at radius 3 is 2.73 bits per heavy atom. The molecular weight excluding hydrogens is 212 g/mol. The van der Waals surface area contributed by atoms with Gasteiger partial charge in [0, 0.05) is 13.1 Å². The van der Waals surface area contributed by atoms with E-state index < -0.39 is 0 Å². The van der Waals surface area contributed by atoms with Crippen LogP contribution in [-0.4, -0.2) is 61.7 Å². The molecule has 2 fully saturated rings. The van der Waals surface area contributed by atoms with Crippen LogP contribution in [0.5, 0.6) is 0 Å². The van der Waals surface area contributed by atoms with Crippen molar-refractivity contribution in [1.82, 2.24) is 10.2 Å². The number of nitrogens with zero attached hydrogens (tertiary/aromatic N) is 1. The van der Waals surface area contributed by atoms with Crippen LogP contribution in [0.3, 0.4) is 0 Å². The van der Waals surface area contributed by atoms with Crippen molar-refractivity contribution in [2.75, 3.05) is 50.9 Å². The molecular formula is C10H18N2O2S. The minimum absolute atomic E-state index is 0.274. The zero-order chi connectivity index (χ0) is 10.5. The molecule has 2 aliphatic heterocycles. The van der Waals surface area contributed by atoms with Crippen molar-refractivity contribution in [2.24, 2.45) is 5.92 Å². The van der Waals surface area contributed by atoms with Gasteiger partial charge in [-0.2, -0.15) is 11.8 Å². The van der Waals surface area contributed by atoms with Gasteiger partial charge in [-0.25, -0.2) is 0 Å². The van der Waals surface area contributed by atoms with E-state index in [1.807, 2.05) is 4.90 Å². The molecule has 2 heterocycles. The van der Waals surface area contributed by atoms with Gasteiger partial charge < -0.3 is 15.0 Å². The van der Waals surface area contributed by atoms with Crippen molar-refractivity contribution in [3.8, 4) is 0 Å². The number of thioether (sulfide) groups is 1. The molecule has 0 radical (unpaired) electrons. The summed E-state index contributed by atoms with van der Waals surface area (Å²) in [5, 5.41) is 3.24. The third kappa shape index (κ3) is 3.36. The standard InChI is InChI=1S/C10H18N2O2S/c13-10(12-1-3-14-4-2-12)8-15-7-9-5-11-6-9/h9,11H,1-8H2. The van der Waals surface area contributed by atoms with E-state index in [9.17, 15) is 4.79 Å². The summed E-state index contributed by atoms with van der Waals surface area (Å²) in [5.74, 6) is 2.81. The molecule has 1 N–H and O–H groups in total. The number of hydrogen-bond donors (Lipinski definition) is 1. The molecule has 5 heteroatoms. The van der Waals surface area contributed by atoms with Crippen molar-refractivity contribution in [2.45, 2.75) is 0 Å².